The molecule has 1 amide bonds. The number of nitrogens with one attached hydrogen (secondary N) is 1. The zero-order valence-electron chi connectivity index (χ0n) is 22.0. The van der Waals surface area contributed by atoms with Crippen molar-refractivity contribution in [3.8, 4) is 5.75 Å². The van der Waals surface area contributed by atoms with E-state index in [9.17, 15) is 13.2 Å². The molecule has 1 aliphatic rings. The number of piperazine rings is 1. The quantitative estimate of drug-likeness (QED) is 0.303. The molecule has 4 aromatic rings. The molecule has 0 unspecified atom stereocenters. The lowest BCUT2D eigenvalue weighted by molar-refractivity contribution is 0.0946. The van der Waals surface area contributed by atoms with Crippen molar-refractivity contribution in [1.29, 1.82) is 0 Å². The highest BCUT2D eigenvalue weighted by molar-refractivity contribution is 7.90. The standard InChI is InChI=1S/C29H33N5O4S/c1-38-27-14-6-5-13-25(27)33-20-18-32(19-21-33)17-8-7-15-31-29(35)26-22-23-10-9-16-30-28(23)34(26)39(36,37)24-11-3-2-4-12-24/h2-6,9-14,16,22H,7-8,15,17-21H2,1H3,(H,31,35). The molecule has 0 radical (unpaired) electrons. The molecule has 204 valence electrons. The van der Waals surface area contributed by atoms with E-state index in [1.165, 1.54) is 18.3 Å². The summed E-state index contributed by atoms with van der Waals surface area (Å²) in [6.07, 6.45) is 3.25. The first kappa shape index (κ1) is 26.7. The number of pyridine rings is 1. The van der Waals surface area contributed by atoms with Gasteiger partial charge in [-0.15, -0.1) is 0 Å². The topological polar surface area (TPSA) is 96.8 Å². The lowest BCUT2D eigenvalue weighted by Crippen LogP contribution is -2.46. The Hall–Kier alpha value is -3.89. The van der Waals surface area contributed by atoms with Crippen LogP contribution in [0.25, 0.3) is 11.0 Å². The van der Waals surface area contributed by atoms with E-state index >= 15 is 0 Å². The summed E-state index contributed by atoms with van der Waals surface area (Å²) >= 11 is 0. The summed E-state index contributed by atoms with van der Waals surface area (Å²) in [5, 5.41) is 3.50. The van der Waals surface area contributed by atoms with Crippen molar-refractivity contribution in [2.75, 3.05) is 51.3 Å². The zero-order valence-corrected chi connectivity index (χ0v) is 22.8. The van der Waals surface area contributed by atoms with E-state index in [-0.39, 0.29) is 16.2 Å². The van der Waals surface area contributed by atoms with E-state index in [1.807, 2.05) is 18.2 Å². The maximum absolute atomic E-state index is 13.5. The van der Waals surface area contributed by atoms with Gasteiger partial charge in [0, 0.05) is 44.3 Å². The fourth-order valence-electron chi connectivity index (χ4n) is 4.97. The zero-order chi connectivity index (χ0) is 27.2. The third-order valence-electron chi connectivity index (χ3n) is 7.02. The smallest absolute Gasteiger partial charge is 0.270 e. The molecule has 1 saturated heterocycles. The highest BCUT2D eigenvalue weighted by Gasteiger charge is 2.27. The Labute approximate surface area is 229 Å². The number of para-hydroxylation sites is 2. The molecule has 39 heavy (non-hydrogen) atoms. The van der Waals surface area contributed by atoms with Gasteiger partial charge in [0.1, 0.15) is 11.4 Å². The minimum atomic E-state index is -4.00. The number of nitrogens with zero attached hydrogens (tertiary/aromatic N) is 4. The van der Waals surface area contributed by atoms with Crippen molar-refractivity contribution in [3.63, 3.8) is 0 Å². The molecule has 0 aliphatic carbocycles. The number of unbranched alkanes of at least 4 members (excludes halogenated alkanes) is 1. The fraction of sp³-hybridized carbons (Fsp3) is 0.310. The molecule has 0 bridgehead atoms. The maximum Gasteiger partial charge on any atom is 0.270 e. The molecule has 2 aromatic carbocycles. The van der Waals surface area contributed by atoms with Gasteiger partial charge in [0.25, 0.3) is 15.9 Å². The molecule has 0 saturated carbocycles. The molecule has 5 rings (SSSR count). The fourth-order valence-corrected chi connectivity index (χ4v) is 6.45. The van der Waals surface area contributed by atoms with E-state index in [4.69, 9.17) is 4.74 Å². The number of anilines is 1. The Balaban J connectivity index is 1.16. The number of ether oxygens (including phenoxy) is 1. The Kier molecular flexibility index (Phi) is 8.13. The van der Waals surface area contributed by atoms with Gasteiger partial charge in [-0.1, -0.05) is 30.3 Å². The van der Waals surface area contributed by atoms with E-state index < -0.39 is 15.9 Å². The number of aromatic nitrogens is 2. The largest absolute Gasteiger partial charge is 0.495 e. The van der Waals surface area contributed by atoms with E-state index in [0.29, 0.717) is 11.9 Å². The predicted molar refractivity (Wildman–Crippen MR) is 152 cm³/mol. The minimum Gasteiger partial charge on any atom is -0.495 e. The number of carbonyl (C=O) groups is 1. The second-order valence-electron chi connectivity index (χ2n) is 9.49. The Morgan fingerprint density at radius 3 is 2.46 bits per heavy atom. The normalized spacial score (nSPS) is 14.4. The van der Waals surface area contributed by atoms with Crippen LogP contribution in [0, 0.1) is 0 Å². The summed E-state index contributed by atoms with van der Waals surface area (Å²) in [6.45, 7) is 5.21. The molecule has 0 atom stereocenters. The first-order chi connectivity index (χ1) is 19.0. The van der Waals surface area contributed by atoms with Crippen molar-refractivity contribution in [2.24, 2.45) is 0 Å². The van der Waals surface area contributed by atoms with Crippen LogP contribution in [0.2, 0.25) is 0 Å². The first-order valence-corrected chi connectivity index (χ1v) is 14.6. The summed E-state index contributed by atoms with van der Waals surface area (Å²) in [4.78, 5) is 22.3. The number of methoxy groups -OCH3 is 1. The van der Waals surface area contributed by atoms with Crippen LogP contribution in [0.4, 0.5) is 5.69 Å². The van der Waals surface area contributed by atoms with Gasteiger partial charge in [-0.05, 0) is 61.9 Å². The SMILES string of the molecule is COc1ccccc1N1CCN(CCCCNC(=O)c2cc3cccnc3n2S(=O)(=O)c2ccccc2)CC1. The lowest BCUT2D eigenvalue weighted by Gasteiger charge is -2.36. The highest BCUT2D eigenvalue weighted by Crippen LogP contribution is 2.28. The van der Waals surface area contributed by atoms with Crippen molar-refractivity contribution in [2.45, 2.75) is 17.7 Å². The maximum atomic E-state index is 13.5. The van der Waals surface area contributed by atoms with Crippen molar-refractivity contribution in [3.05, 3.63) is 84.7 Å². The number of carbonyl (C=O) groups excluding carboxylic acids is 1. The van der Waals surface area contributed by atoms with Gasteiger partial charge < -0.3 is 15.0 Å². The van der Waals surface area contributed by atoms with Gasteiger partial charge in [0.2, 0.25) is 0 Å². The van der Waals surface area contributed by atoms with Crippen molar-refractivity contribution < 1.29 is 17.9 Å². The van der Waals surface area contributed by atoms with Crippen LogP contribution in [0.3, 0.4) is 0 Å². The minimum absolute atomic E-state index is 0.0556. The van der Waals surface area contributed by atoms with Crippen LogP contribution in [0.5, 0.6) is 5.75 Å². The molecule has 1 fully saturated rings. The van der Waals surface area contributed by atoms with E-state index in [2.05, 4.69) is 26.2 Å². The lowest BCUT2D eigenvalue weighted by atomic mass is 10.2. The molecule has 2 aromatic heterocycles. The van der Waals surface area contributed by atoms with Crippen LogP contribution in [0.1, 0.15) is 23.3 Å². The molecule has 1 N–H and O–H groups in total. The van der Waals surface area contributed by atoms with Crippen LogP contribution in [0.15, 0.2) is 83.9 Å². The number of benzene rings is 2. The first-order valence-electron chi connectivity index (χ1n) is 13.1. The monoisotopic (exact) mass is 547 g/mol. The Morgan fingerprint density at radius 2 is 1.69 bits per heavy atom. The Morgan fingerprint density at radius 1 is 0.949 bits per heavy atom. The number of rotatable bonds is 10. The molecule has 0 spiro atoms. The summed E-state index contributed by atoms with van der Waals surface area (Å²) in [5.41, 5.74) is 1.42. The molecule has 10 heteroatoms. The van der Waals surface area contributed by atoms with Crippen molar-refractivity contribution in [1.82, 2.24) is 19.2 Å². The number of hydrogen-bond donors (Lipinski definition) is 1. The molecular formula is C29H33N5O4S. The summed E-state index contributed by atoms with van der Waals surface area (Å²) < 4.78 is 33.5. The molecule has 3 heterocycles. The van der Waals surface area contributed by atoms with Crippen molar-refractivity contribution >= 4 is 32.7 Å². The van der Waals surface area contributed by atoms with E-state index in [0.717, 1.165) is 61.0 Å². The predicted octanol–water partition coefficient (Wildman–Crippen LogP) is 3.61. The van der Waals surface area contributed by atoms with Gasteiger partial charge in [0.05, 0.1) is 17.7 Å². The van der Waals surface area contributed by atoms with Crippen LogP contribution >= 0.6 is 0 Å². The van der Waals surface area contributed by atoms with Crippen LogP contribution in [-0.4, -0.2) is 74.6 Å². The highest BCUT2D eigenvalue weighted by atomic mass is 32.2. The van der Waals surface area contributed by atoms with Gasteiger partial charge in [-0.2, -0.15) is 0 Å². The van der Waals surface area contributed by atoms with Crippen LogP contribution < -0.4 is 15.0 Å². The van der Waals surface area contributed by atoms with Crippen LogP contribution in [-0.2, 0) is 10.0 Å². The third-order valence-corrected chi connectivity index (χ3v) is 8.74. The van der Waals surface area contributed by atoms with E-state index in [1.54, 1.807) is 43.5 Å². The average molecular weight is 548 g/mol. The van der Waals surface area contributed by atoms with Gasteiger partial charge in [-0.25, -0.2) is 17.4 Å². The molecular weight excluding hydrogens is 514 g/mol. The van der Waals surface area contributed by atoms with Gasteiger partial charge >= 0.3 is 0 Å². The Bertz CT molecular complexity index is 1530. The average Bonchev–Trinajstić information content (AvgIpc) is 3.38. The summed E-state index contributed by atoms with van der Waals surface area (Å²) in [7, 11) is -2.30. The van der Waals surface area contributed by atoms with Gasteiger partial charge in [0.15, 0.2) is 5.65 Å². The second-order valence-corrected chi connectivity index (χ2v) is 11.3. The summed E-state index contributed by atoms with van der Waals surface area (Å²) in [6, 6.07) is 21.3. The third kappa shape index (κ3) is 5.76. The van der Waals surface area contributed by atoms with Gasteiger partial charge in [-0.3, -0.25) is 9.69 Å². The number of hydrogen-bond acceptors (Lipinski definition) is 7. The summed E-state index contributed by atoms with van der Waals surface area (Å²) in [5.74, 6) is 0.464. The number of amides is 1. The molecule has 1 aliphatic heterocycles. The number of fused-ring (bicyclic) bond motifs is 1. The second kappa shape index (κ2) is 11.9. The molecule has 9 nitrogen and oxygen atoms in total.